The van der Waals surface area contributed by atoms with Gasteiger partial charge < -0.3 is 25.2 Å². The number of carbonyl (C=O) groups excluding carboxylic acids is 3. The Hall–Kier alpha value is -4.95. The third-order valence-electron chi connectivity index (χ3n) is 8.68. The molecular formula is C42H48N2O6. The van der Waals surface area contributed by atoms with E-state index in [0.717, 1.165) is 51.8 Å². The number of ether oxygens (including phenoxy) is 2. The fourth-order valence-electron chi connectivity index (χ4n) is 6.31. The Kier molecular flexibility index (Phi) is 11.1. The molecule has 4 aromatic carbocycles. The smallest absolute Gasteiger partial charge is 0.407 e. The van der Waals surface area contributed by atoms with E-state index in [1.54, 1.807) is 0 Å². The molecule has 3 N–H and O–H groups in total. The molecule has 0 bridgehead atoms. The van der Waals surface area contributed by atoms with Crippen LogP contribution in [0.5, 0.6) is 0 Å². The molecule has 1 unspecified atom stereocenters. The van der Waals surface area contributed by atoms with Crippen molar-refractivity contribution in [1.82, 2.24) is 10.6 Å². The van der Waals surface area contributed by atoms with Crippen LogP contribution in [0.15, 0.2) is 97.1 Å². The summed E-state index contributed by atoms with van der Waals surface area (Å²) >= 11 is 0. The number of aliphatic hydroxyl groups is 1. The van der Waals surface area contributed by atoms with Gasteiger partial charge in [-0.15, -0.1) is 0 Å². The number of fused-ring (bicyclic) bond motifs is 2. The quantitative estimate of drug-likeness (QED) is 0.189. The molecule has 0 saturated carbocycles. The molecule has 50 heavy (non-hydrogen) atoms. The van der Waals surface area contributed by atoms with Crippen molar-refractivity contribution < 1.29 is 29.0 Å². The van der Waals surface area contributed by atoms with E-state index in [9.17, 15) is 19.5 Å². The third kappa shape index (κ3) is 9.60. The van der Waals surface area contributed by atoms with Gasteiger partial charge in [0.15, 0.2) is 5.78 Å². The van der Waals surface area contributed by atoms with Crippen LogP contribution in [0.2, 0.25) is 0 Å². The molecule has 0 aliphatic heterocycles. The minimum atomic E-state index is -0.508. The Bertz CT molecular complexity index is 1800. The highest BCUT2D eigenvalue weighted by Gasteiger charge is 2.32. The van der Waals surface area contributed by atoms with E-state index >= 15 is 0 Å². The van der Waals surface area contributed by atoms with E-state index in [1.807, 2.05) is 133 Å². The van der Waals surface area contributed by atoms with Gasteiger partial charge in [-0.05, 0) is 93.3 Å². The maximum Gasteiger partial charge on any atom is 0.407 e. The van der Waals surface area contributed by atoms with Gasteiger partial charge >= 0.3 is 12.2 Å². The van der Waals surface area contributed by atoms with Gasteiger partial charge in [-0.2, -0.15) is 0 Å². The van der Waals surface area contributed by atoms with Gasteiger partial charge in [-0.1, -0.05) is 97.1 Å². The molecule has 8 nitrogen and oxygen atoms in total. The second-order valence-electron chi connectivity index (χ2n) is 14.9. The Labute approximate surface area is 295 Å². The number of benzene rings is 4. The first-order valence-corrected chi connectivity index (χ1v) is 17.2. The lowest BCUT2D eigenvalue weighted by Gasteiger charge is -2.20. The maximum atomic E-state index is 12.6. The summed E-state index contributed by atoms with van der Waals surface area (Å²) in [6.45, 7) is 11.8. The highest BCUT2D eigenvalue weighted by molar-refractivity contribution is 6.05. The number of Topliss-reactive ketones (excluding diaryl/α,β-unsaturated/α-hetero) is 1. The minimum Gasteiger partial charge on any atom is -0.444 e. The highest BCUT2D eigenvalue weighted by Crippen LogP contribution is 2.42. The predicted octanol–water partition coefficient (Wildman–Crippen LogP) is 8.32. The van der Waals surface area contributed by atoms with Crippen LogP contribution in [0.1, 0.15) is 109 Å². The van der Waals surface area contributed by atoms with E-state index < -0.39 is 29.5 Å². The normalized spacial score (nSPS) is 17.9. The number of ketones is 1. The van der Waals surface area contributed by atoms with Crippen LogP contribution in [-0.2, 0) is 35.4 Å². The summed E-state index contributed by atoms with van der Waals surface area (Å²) in [5, 5.41) is 16.1. The third-order valence-corrected chi connectivity index (χ3v) is 8.68. The lowest BCUT2D eigenvalue weighted by atomic mass is 9.93. The van der Waals surface area contributed by atoms with E-state index in [4.69, 9.17) is 9.47 Å². The zero-order valence-corrected chi connectivity index (χ0v) is 29.8. The first-order chi connectivity index (χ1) is 23.7. The molecule has 0 radical (unpaired) electrons. The number of rotatable bonds is 6. The standard InChI is InChI=1S/C21H25NO3.C21H23NO3/c2*1-21(2,3)25-20(24)22-13-14-8-10-15(11-9-14)18-12-16-6-4-5-7-17(16)19(18)23/h4-11,18-19,23H,12-13H2,1-3H3,(H,22,24);4-11,18H,12-13H2,1-3H3,(H,22,24)/t18-,19-;/m1./s1. The fourth-order valence-corrected chi connectivity index (χ4v) is 6.31. The van der Waals surface area contributed by atoms with E-state index in [-0.39, 0.29) is 17.6 Å². The molecule has 0 spiro atoms. The molecule has 8 heteroatoms. The molecule has 0 aromatic heterocycles. The second-order valence-corrected chi connectivity index (χ2v) is 14.9. The summed E-state index contributed by atoms with van der Waals surface area (Å²) in [4.78, 5) is 36.0. The summed E-state index contributed by atoms with van der Waals surface area (Å²) in [7, 11) is 0. The number of carbonyl (C=O) groups is 3. The monoisotopic (exact) mass is 676 g/mol. The molecule has 4 aromatic rings. The molecule has 3 atom stereocenters. The van der Waals surface area contributed by atoms with Gasteiger partial charge in [0, 0.05) is 24.6 Å². The number of alkyl carbamates (subject to hydrolysis) is 2. The van der Waals surface area contributed by atoms with Gasteiger partial charge in [-0.3, -0.25) is 4.79 Å². The van der Waals surface area contributed by atoms with Crippen LogP contribution in [0.4, 0.5) is 9.59 Å². The van der Waals surface area contributed by atoms with Crippen molar-refractivity contribution in [3.05, 3.63) is 142 Å². The van der Waals surface area contributed by atoms with Crippen LogP contribution >= 0.6 is 0 Å². The van der Waals surface area contributed by atoms with Crippen LogP contribution in [0.3, 0.4) is 0 Å². The van der Waals surface area contributed by atoms with Crippen LogP contribution in [-0.4, -0.2) is 34.3 Å². The summed E-state index contributed by atoms with van der Waals surface area (Å²) in [5.41, 5.74) is 7.30. The van der Waals surface area contributed by atoms with Crippen molar-refractivity contribution in [2.75, 3.05) is 0 Å². The van der Waals surface area contributed by atoms with Crippen molar-refractivity contribution in [1.29, 1.82) is 0 Å². The summed E-state index contributed by atoms with van der Waals surface area (Å²) in [5.74, 6) is 0.172. The van der Waals surface area contributed by atoms with E-state index in [0.29, 0.717) is 13.1 Å². The van der Waals surface area contributed by atoms with Crippen molar-refractivity contribution in [2.45, 2.75) is 96.6 Å². The fraction of sp³-hybridized carbons (Fsp3) is 0.357. The van der Waals surface area contributed by atoms with Crippen molar-refractivity contribution in [2.24, 2.45) is 0 Å². The summed E-state index contributed by atoms with van der Waals surface area (Å²) in [6.07, 6.45) is 0.301. The molecule has 2 aliphatic rings. The Morgan fingerprint density at radius 2 is 1.14 bits per heavy atom. The van der Waals surface area contributed by atoms with E-state index in [2.05, 4.69) is 16.7 Å². The molecule has 262 valence electrons. The van der Waals surface area contributed by atoms with Gasteiger partial charge in [0.1, 0.15) is 11.2 Å². The first-order valence-electron chi connectivity index (χ1n) is 17.2. The summed E-state index contributed by atoms with van der Waals surface area (Å²) in [6, 6.07) is 31.7. The highest BCUT2D eigenvalue weighted by atomic mass is 16.6. The largest absolute Gasteiger partial charge is 0.444 e. The molecule has 6 rings (SSSR count). The van der Waals surface area contributed by atoms with Crippen molar-refractivity contribution in [3.63, 3.8) is 0 Å². The lowest BCUT2D eigenvalue weighted by molar-refractivity contribution is 0.0512. The number of aliphatic hydroxyl groups excluding tert-OH is 1. The van der Waals surface area contributed by atoms with Gasteiger partial charge in [0.25, 0.3) is 0 Å². The first kappa shape index (κ1) is 36.3. The van der Waals surface area contributed by atoms with Gasteiger partial charge in [0.05, 0.1) is 12.0 Å². The number of hydrogen-bond donors (Lipinski definition) is 3. The minimum absolute atomic E-state index is 0.0882. The maximum absolute atomic E-state index is 12.6. The van der Waals surface area contributed by atoms with Crippen molar-refractivity contribution in [3.8, 4) is 0 Å². The van der Waals surface area contributed by atoms with Gasteiger partial charge in [-0.25, -0.2) is 9.59 Å². The molecule has 2 aliphatic carbocycles. The number of hydrogen-bond acceptors (Lipinski definition) is 6. The molecule has 0 heterocycles. The topological polar surface area (TPSA) is 114 Å². The average molecular weight is 677 g/mol. The van der Waals surface area contributed by atoms with Crippen LogP contribution < -0.4 is 10.6 Å². The number of amides is 2. The zero-order chi connectivity index (χ0) is 36.1. The van der Waals surface area contributed by atoms with Crippen molar-refractivity contribution >= 4 is 18.0 Å². The molecular weight excluding hydrogens is 628 g/mol. The van der Waals surface area contributed by atoms with Gasteiger partial charge in [0.2, 0.25) is 0 Å². The number of nitrogens with one attached hydrogen (secondary N) is 2. The van der Waals surface area contributed by atoms with Crippen LogP contribution in [0, 0.1) is 0 Å². The lowest BCUT2D eigenvalue weighted by Crippen LogP contribution is -2.32. The Morgan fingerprint density at radius 1 is 0.660 bits per heavy atom. The Morgan fingerprint density at radius 3 is 1.64 bits per heavy atom. The predicted molar refractivity (Wildman–Crippen MR) is 194 cm³/mol. The molecule has 0 saturated heterocycles. The Balaban J connectivity index is 0.000000194. The van der Waals surface area contributed by atoms with Crippen LogP contribution in [0.25, 0.3) is 0 Å². The average Bonchev–Trinajstić information content (AvgIpc) is 3.58. The second kappa shape index (κ2) is 15.3. The molecule has 2 amide bonds. The van der Waals surface area contributed by atoms with E-state index in [1.165, 1.54) is 5.56 Å². The zero-order valence-electron chi connectivity index (χ0n) is 29.8. The summed E-state index contributed by atoms with van der Waals surface area (Å²) < 4.78 is 10.5. The SMILES string of the molecule is CC(C)(C)OC(=O)NCc1ccc(C2Cc3ccccc3C2=O)cc1.CC(C)(C)OC(=O)NCc1ccc([C@H]2Cc3ccccc3[C@H]2O)cc1. The molecule has 0 fully saturated rings.